The van der Waals surface area contributed by atoms with Crippen molar-refractivity contribution < 1.29 is 5.11 Å². The first-order chi connectivity index (χ1) is 14.8. The van der Waals surface area contributed by atoms with Gasteiger partial charge in [-0.25, -0.2) is 4.98 Å². The van der Waals surface area contributed by atoms with E-state index in [-0.39, 0.29) is 6.10 Å². The zero-order chi connectivity index (χ0) is 21.8. The van der Waals surface area contributed by atoms with Gasteiger partial charge in [0.05, 0.1) is 6.10 Å². The summed E-state index contributed by atoms with van der Waals surface area (Å²) in [6, 6.07) is 4.15. The maximum absolute atomic E-state index is 10.2. The smallest absolute Gasteiger partial charge is 0.132 e. The van der Waals surface area contributed by atoms with Crippen molar-refractivity contribution in [1.82, 2.24) is 4.98 Å². The van der Waals surface area contributed by atoms with E-state index in [0.29, 0.717) is 16.0 Å². The predicted octanol–water partition coefficient (Wildman–Crippen LogP) is 7.24. The first kappa shape index (κ1) is 22.0. The number of rotatable bonds is 4. The van der Waals surface area contributed by atoms with Crippen molar-refractivity contribution >= 4 is 11.6 Å². The van der Waals surface area contributed by atoms with Gasteiger partial charge >= 0.3 is 0 Å². The van der Waals surface area contributed by atoms with Crippen molar-refractivity contribution in [2.24, 2.45) is 40.4 Å². The molecule has 3 heteroatoms. The Kier molecular flexibility index (Phi) is 5.79. The summed E-state index contributed by atoms with van der Waals surface area (Å²) in [7, 11) is 0. The van der Waals surface area contributed by atoms with Crippen LogP contribution in [0.4, 0.5) is 0 Å². The van der Waals surface area contributed by atoms with Crippen molar-refractivity contribution in [3.8, 4) is 0 Å². The highest BCUT2D eigenvalue weighted by molar-refractivity contribution is 6.30. The molecule has 0 aliphatic heterocycles. The van der Waals surface area contributed by atoms with E-state index in [4.69, 9.17) is 11.6 Å². The number of hydrogen-bond acceptors (Lipinski definition) is 2. The monoisotopic (exact) mass is 441 g/mol. The van der Waals surface area contributed by atoms with Crippen LogP contribution in [0.15, 0.2) is 30.0 Å². The first-order valence-corrected chi connectivity index (χ1v) is 13.2. The Hall–Kier alpha value is -0.860. The van der Waals surface area contributed by atoms with Crippen molar-refractivity contribution in [2.75, 3.05) is 0 Å². The Bertz CT molecular complexity index is 851. The molecule has 0 radical (unpaired) electrons. The Morgan fingerprint density at radius 2 is 2.00 bits per heavy atom. The summed E-state index contributed by atoms with van der Waals surface area (Å²) in [6.07, 6.45) is 16.5. The molecule has 0 aromatic carbocycles. The molecule has 31 heavy (non-hydrogen) atoms. The Labute approximate surface area is 193 Å². The fourth-order valence-corrected chi connectivity index (χ4v) is 9.02. The molecule has 3 fully saturated rings. The molecule has 8 atom stereocenters. The van der Waals surface area contributed by atoms with Gasteiger partial charge in [0, 0.05) is 6.20 Å². The highest BCUT2D eigenvalue weighted by atomic mass is 35.5. The topological polar surface area (TPSA) is 33.1 Å². The fourth-order valence-electron chi connectivity index (χ4n) is 8.81. The Morgan fingerprint density at radius 1 is 1.16 bits per heavy atom. The first-order valence-electron chi connectivity index (χ1n) is 12.8. The van der Waals surface area contributed by atoms with Gasteiger partial charge in [-0.2, -0.15) is 0 Å². The second-order valence-corrected chi connectivity index (χ2v) is 12.2. The van der Waals surface area contributed by atoms with E-state index in [2.05, 4.69) is 37.9 Å². The Balaban J connectivity index is 1.31. The van der Waals surface area contributed by atoms with Crippen LogP contribution >= 0.6 is 11.6 Å². The zero-order valence-corrected chi connectivity index (χ0v) is 20.4. The molecule has 170 valence electrons. The lowest BCUT2D eigenvalue weighted by molar-refractivity contribution is -0.0571. The van der Waals surface area contributed by atoms with Crippen LogP contribution in [0.5, 0.6) is 0 Å². The minimum Gasteiger partial charge on any atom is -0.393 e. The van der Waals surface area contributed by atoms with Gasteiger partial charge < -0.3 is 5.11 Å². The summed E-state index contributed by atoms with van der Waals surface area (Å²) < 4.78 is 0. The van der Waals surface area contributed by atoms with E-state index in [1.165, 1.54) is 50.5 Å². The second-order valence-electron chi connectivity index (χ2n) is 11.9. The minimum atomic E-state index is -0.102. The SMILES string of the molecule is CC(CCc1cccnc1Cl)C1CCC2C3CC=C4CC(O)CCC4(C)C3CCC12C. The fraction of sp³-hybridized carbons (Fsp3) is 0.750. The maximum atomic E-state index is 10.2. The average Bonchev–Trinajstić information content (AvgIpc) is 3.11. The summed E-state index contributed by atoms with van der Waals surface area (Å²) in [5, 5.41) is 10.9. The van der Waals surface area contributed by atoms with Crippen LogP contribution in [0, 0.1) is 40.4 Å². The van der Waals surface area contributed by atoms with Crippen LogP contribution in [0.25, 0.3) is 0 Å². The van der Waals surface area contributed by atoms with Gasteiger partial charge in [0.15, 0.2) is 0 Å². The molecule has 0 bridgehead atoms. The average molecular weight is 442 g/mol. The lowest BCUT2D eigenvalue weighted by Gasteiger charge is -2.58. The number of aryl methyl sites for hydroxylation is 1. The third-order valence-corrected chi connectivity index (χ3v) is 10.9. The third kappa shape index (κ3) is 3.61. The van der Waals surface area contributed by atoms with Crippen molar-refractivity contribution in [3.05, 3.63) is 40.7 Å². The molecule has 0 amide bonds. The molecular weight excluding hydrogens is 402 g/mol. The van der Waals surface area contributed by atoms with E-state index in [1.807, 2.05) is 6.07 Å². The van der Waals surface area contributed by atoms with Gasteiger partial charge in [-0.1, -0.05) is 50.1 Å². The van der Waals surface area contributed by atoms with Gasteiger partial charge in [-0.3, -0.25) is 0 Å². The predicted molar refractivity (Wildman–Crippen MR) is 128 cm³/mol. The highest BCUT2D eigenvalue weighted by Gasteiger charge is 2.59. The number of halogens is 1. The van der Waals surface area contributed by atoms with E-state index in [9.17, 15) is 5.11 Å². The Morgan fingerprint density at radius 3 is 2.81 bits per heavy atom. The molecule has 4 aliphatic carbocycles. The quantitative estimate of drug-likeness (QED) is 0.394. The van der Waals surface area contributed by atoms with E-state index >= 15 is 0 Å². The molecule has 5 rings (SSSR count). The van der Waals surface area contributed by atoms with Crippen LogP contribution in [-0.2, 0) is 6.42 Å². The van der Waals surface area contributed by atoms with Gasteiger partial charge in [-0.15, -0.1) is 0 Å². The summed E-state index contributed by atoms with van der Waals surface area (Å²) in [6.45, 7) is 7.68. The lowest BCUT2D eigenvalue weighted by atomic mass is 9.47. The lowest BCUT2D eigenvalue weighted by Crippen LogP contribution is -2.50. The van der Waals surface area contributed by atoms with Gasteiger partial charge in [0.1, 0.15) is 5.15 Å². The van der Waals surface area contributed by atoms with Crippen LogP contribution < -0.4 is 0 Å². The molecule has 1 N–H and O–H groups in total. The molecule has 4 aliphatic rings. The maximum Gasteiger partial charge on any atom is 0.132 e. The van der Waals surface area contributed by atoms with E-state index < -0.39 is 0 Å². The largest absolute Gasteiger partial charge is 0.393 e. The van der Waals surface area contributed by atoms with Crippen LogP contribution in [0.3, 0.4) is 0 Å². The number of nitrogens with zero attached hydrogens (tertiary/aromatic N) is 1. The number of aliphatic hydroxyl groups is 1. The van der Waals surface area contributed by atoms with Crippen molar-refractivity contribution in [3.63, 3.8) is 0 Å². The summed E-state index contributed by atoms with van der Waals surface area (Å²) in [5.41, 5.74) is 3.64. The van der Waals surface area contributed by atoms with Crippen molar-refractivity contribution in [2.45, 2.75) is 91.1 Å². The molecular formula is C28H40ClNO. The number of hydrogen-bond donors (Lipinski definition) is 1. The zero-order valence-electron chi connectivity index (χ0n) is 19.6. The molecule has 1 heterocycles. The molecule has 1 aromatic heterocycles. The summed E-state index contributed by atoms with van der Waals surface area (Å²) in [5.74, 6) is 4.13. The minimum absolute atomic E-state index is 0.102. The molecule has 8 unspecified atom stereocenters. The normalized spacial score (nSPS) is 42.9. The number of fused-ring (bicyclic) bond motifs is 5. The molecule has 0 spiro atoms. The van der Waals surface area contributed by atoms with Crippen LogP contribution in [0.1, 0.15) is 84.1 Å². The molecule has 0 saturated heterocycles. The van der Waals surface area contributed by atoms with Gasteiger partial charge in [0.25, 0.3) is 0 Å². The second kappa shape index (κ2) is 8.17. The molecule has 2 nitrogen and oxygen atoms in total. The van der Waals surface area contributed by atoms with E-state index in [0.717, 1.165) is 48.9 Å². The number of aromatic nitrogens is 1. The number of pyridine rings is 1. The van der Waals surface area contributed by atoms with Gasteiger partial charge in [-0.05, 0) is 116 Å². The van der Waals surface area contributed by atoms with Crippen LogP contribution in [0.2, 0.25) is 5.15 Å². The van der Waals surface area contributed by atoms with Crippen LogP contribution in [-0.4, -0.2) is 16.2 Å². The third-order valence-electron chi connectivity index (χ3n) is 10.5. The summed E-state index contributed by atoms with van der Waals surface area (Å²) in [4.78, 5) is 4.27. The van der Waals surface area contributed by atoms with Crippen molar-refractivity contribution in [1.29, 1.82) is 0 Å². The highest BCUT2D eigenvalue weighted by Crippen LogP contribution is 2.67. The van der Waals surface area contributed by atoms with E-state index in [1.54, 1.807) is 11.8 Å². The van der Waals surface area contributed by atoms with Gasteiger partial charge in [0.2, 0.25) is 0 Å². The number of allylic oxidation sites excluding steroid dienone is 1. The molecule has 3 saturated carbocycles. The summed E-state index contributed by atoms with van der Waals surface area (Å²) >= 11 is 6.33. The molecule has 1 aromatic rings. The number of aliphatic hydroxyl groups excluding tert-OH is 1. The standard InChI is InChI=1S/C28H40ClNO/c1-18(6-7-19-5-4-16-30-26(19)29)23-10-11-24-22-9-8-20-17-21(31)12-14-27(20,2)25(22)13-15-28(23,24)3/h4-5,8,16,18,21-25,31H,6-7,9-15,17H2,1-3H3.